The van der Waals surface area contributed by atoms with Gasteiger partial charge < -0.3 is 14.7 Å². The average molecular weight is 501 g/mol. The molecule has 0 radical (unpaired) electrons. The number of nitrogens with one attached hydrogen (secondary N) is 2. The van der Waals surface area contributed by atoms with E-state index in [9.17, 15) is 0 Å². The van der Waals surface area contributed by atoms with Crippen LogP contribution in [-0.4, -0.2) is 4.98 Å². The van der Waals surface area contributed by atoms with Crippen molar-refractivity contribution in [1.29, 1.82) is 0 Å². The van der Waals surface area contributed by atoms with Crippen molar-refractivity contribution in [3.63, 3.8) is 0 Å². The number of aromatic amines is 1. The molecule has 3 nitrogen and oxygen atoms in total. The summed E-state index contributed by atoms with van der Waals surface area (Å²) in [6.07, 6.45) is 0. The fourth-order valence-corrected chi connectivity index (χ4v) is 5.68. The van der Waals surface area contributed by atoms with E-state index in [1.165, 1.54) is 33.0 Å². The standard InChI is InChI=1S/C36H24N2O/c1-4-10-32(37-26-18-20-36-31(22-26)30-9-3-6-12-35(30)39-36)27(7-1)24-15-13-23(14-16-24)25-17-19-29-28-8-2-5-11-33(28)38-34(29)21-25/h1-22,37-38H. The van der Waals surface area contributed by atoms with E-state index < -0.39 is 0 Å². The van der Waals surface area contributed by atoms with Gasteiger partial charge in [-0.3, -0.25) is 0 Å². The van der Waals surface area contributed by atoms with Gasteiger partial charge in [0.15, 0.2) is 0 Å². The summed E-state index contributed by atoms with van der Waals surface area (Å²) in [5, 5.41) is 8.42. The molecule has 0 atom stereocenters. The highest BCUT2D eigenvalue weighted by Gasteiger charge is 2.10. The number of furan rings is 1. The molecule has 8 rings (SSSR count). The molecule has 0 fully saturated rings. The fourth-order valence-electron chi connectivity index (χ4n) is 5.68. The smallest absolute Gasteiger partial charge is 0.135 e. The zero-order valence-electron chi connectivity index (χ0n) is 21.1. The van der Waals surface area contributed by atoms with E-state index in [0.717, 1.165) is 44.4 Å². The van der Waals surface area contributed by atoms with Crippen molar-refractivity contribution in [2.75, 3.05) is 5.32 Å². The molecule has 0 saturated carbocycles. The van der Waals surface area contributed by atoms with E-state index in [0.29, 0.717) is 0 Å². The monoisotopic (exact) mass is 500 g/mol. The van der Waals surface area contributed by atoms with Crippen molar-refractivity contribution in [2.24, 2.45) is 0 Å². The second-order valence-electron chi connectivity index (χ2n) is 9.99. The number of hydrogen-bond acceptors (Lipinski definition) is 2. The maximum atomic E-state index is 6.01. The highest BCUT2D eigenvalue weighted by atomic mass is 16.3. The summed E-state index contributed by atoms with van der Waals surface area (Å²) in [5.41, 5.74) is 11.0. The molecule has 0 aliphatic rings. The molecule has 3 heteroatoms. The van der Waals surface area contributed by atoms with Gasteiger partial charge in [-0.2, -0.15) is 0 Å². The minimum Gasteiger partial charge on any atom is -0.456 e. The third-order valence-electron chi connectivity index (χ3n) is 7.62. The van der Waals surface area contributed by atoms with Crippen LogP contribution in [0.25, 0.3) is 66.0 Å². The van der Waals surface area contributed by atoms with Crippen LogP contribution < -0.4 is 5.32 Å². The quantitative estimate of drug-likeness (QED) is 0.252. The summed E-state index contributed by atoms with van der Waals surface area (Å²) in [6, 6.07) is 46.9. The Morgan fingerprint density at radius 2 is 1.15 bits per heavy atom. The van der Waals surface area contributed by atoms with Crippen LogP contribution in [0.15, 0.2) is 138 Å². The minimum atomic E-state index is 0.899. The first kappa shape index (κ1) is 21.8. The highest BCUT2D eigenvalue weighted by Crippen LogP contribution is 2.35. The lowest BCUT2D eigenvalue weighted by Crippen LogP contribution is -1.93. The lowest BCUT2D eigenvalue weighted by atomic mass is 9.98. The van der Waals surface area contributed by atoms with Gasteiger partial charge in [-0.25, -0.2) is 0 Å². The van der Waals surface area contributed by atoms with Gasteiger partial charge in [0.2, 0.25) is 0 Å². The van der Waals surface area contributed by atoms with E-state index in [-0.39, 0.29) is 0 Å². The normalized spacial score (nSPS) is 11.6. The van der Waals surface area contributed by atoms with Crippen molar-refractivity contribution < 1.29 is 4.42 Å². The Balaban J connectivity index is 1.12. The zero-order valence-corrected chi connectivity index (χ0v) is 21.1. The van der Waals surface area contributed by atoms with Gasteiger partial charge >= 0.3 is 0 Å². The second kappa shape index (κ2) is 8.64. The highest BCUT2D eigenvalue weighted by molar-refractivity contribution is 6.08. The lowest BCUT2D eigenvalue weighted by molar-refractivity contribution is 0.669. The zero-order chi connectivity index (χ0) is 25.8. The van der Waals surface area contributed by atoms with Gasteiger partial charge in [0, 0.05) is 49.5 Å². The number of aromatic nitrogens is 1. The molecule has 0 aliphatic carbocycles. The van der Waals surface area contributed by atoms with Crippen LogP contribution in [0.1, 0.15) is 0 Å². The SMILES string of the molecule is c1ccc(-c2ccc(-c3ccc4c(c3)[nH]c3ccccc34)cc2)c(Nc2ccc3oc4ccccc4c3c2)c1. The summed E-state index contributed by atoms with van der Waals surface area (Å²) < 4.78 is 6.01. The van der Waals surface area contributed by atoms with Crippen LogP contribution >= 0.6 is 0 Å². The molecule has 184 valence electrons. The summed E-state index contributed by atoms with van der Waals surface area (Å²) in [4.78, 5) is 3.56. The topological polar surface area (TPSA) is 41.0 Å². The number of anilines is 2. The maximum absolute atomic E-state index is 6.01. The van der Waals surface area contributed by atoms with E-state index >= 15 is 0 Å². The van der Waals surface area contributed by atoms with Crippen LogP contribution in [-0.2, 0) is 0 Å². The largest absolute Gasteiger partial charge is 0.456 e. The summed E-state index contributed by atoms with van der Waals surface area (Å²) in [6.45, 7) is 0. The van der Waals surface area contributed by atoms with Crippen molar-refractivity contribution in [2.45, 2.75) is 0 Å². The molecule has 0 aliphatic heterocycles. The number of rotatable bonds is 4. The van der Waals surface area contributed by atoms with Crippen LogP contribution in [0.5, 0.6) is 0 Å². The van der Waals surface area contributed by atoms with Gasteiger partial charge in [-0.05, 0) is 59.2 Å². The van der Waals surface area contributed by atoms with Gasteiger partial charge in [0.05, 0.1) is 0 Å². The molecule has 2 N–H and O–H groups in total. The maximum Gasteiger partial charge on any atom is 0.135 e. The van der Waals surface area contributed by atoms with Gasteiger partial charge in [-0.15, -0.1) is 0 Å². The first-order chi connectivity index (χ1) is 19.3. The Kier molecular flexibility index (Phi) is 4.82. The first-order valence-corrected chi connectivity index (χ1v) is 13.2. The summed E-state index contributed by atoms with van der Waals surface area (Å²) >= 11 is 0. The third-order valence-corrected chi connectivity index (χ3v) is 7.62. The van der Waals surface area contributed by atoms with E-state index in [4.69, 9.17) is 4.42 Å². The number of fused-ring (bicyclic) bond motifs is 6. The molecular formula is C36H24N2O. The Morgan fingerprint density at radius 3 is 2.08 bits per heavy atom. The molecule has 0 saturated heterocycles. The van der Waals surface area contributed by atoms with Gasteiger partial charge in [0.25, 0.3) is 0 Å². The van der Waals surface area contributed by atoms with E-state index in [2.05, 4.69) is 126 Å². The first-order valence-electron chi connectivity index (χ1n) is 13.2. The van der Waals surface area contributed by atoms with Crippen molar-refractivity contribution in [3.05, 3.63) is 133 Å². The third kappa shape index (κ3) is 3.67. The fraction of sp³-hybridized carbons (Fsp3) is 0. The van der Waals surface area contributed by atoms with E-state index in [1.54, 1.807) is 0 Å². The predicted molar refractivity (Wildman–Crippen MR) is 164 cm³/mol. The molecule has 0 unspecified atom stereocenters. The minimum absolute atomic E-state index is 0.899. The molecule has 0 spiro atoms. The van der Waals surface area contributed by atoms with Crippen LogP contribution in [0.2, 0.25) is 0 Å². The lowest BCUT2D eigenvalue weighted by Gasteiger charge is -2.13. The molecule has 6 aromatic carbocycles. The number of para-hydroxylation sites is 3. The van der Waals surface area contributed by atoms with Crippen molar-refractivity contribution in [3.8, 4) is 22.3 Å². The molecule has 2 aromatic heterocycles. The summed E-state index contributed by atoms with van der Waals surface area (Å²) in [7, 11) is 0. The molecule has 39 heavy (non-hydrogen) atoms. The second-order valence-corrected chi connectivity index (χ2v) is 9.99. The van der Waals surface area contributed by atoms with Crippen LogP contribution in [0.3, 0.4) is 0 Å². The van der Waals surface area contributed by atoms with Crippen molar-refractivity contribution >= 4 is 55.1 Å². The number of H-pyrrole nitrogens is 1. The Labute approximate surface area is 225 Å². The van der Waals surface area contributed by atoms with E-state index in [1.807, 2.05) is 18.2 Å². The Hall–Kier alpha value is -5.28. The Morgan fingerprint density at radius 1 is 0.462 bits per heavy atom. The van der Waals surface area contributed by atoms with Crippen LogP contribution in [0.4, 0.5) is 11.4 Å². The predicted octanol–water partition coefficient (Wildman–Crippen LogP) is 10.3. The van der Waals surface area contributed by atoms with Gasteiger partial charge in [-0.1, -0.05) is 91.0 Å². The average Bonchev–Trinajstić information content (AvgIpc) is 3.55. The molecular weight excluding hydrogens is 476 g/mol. The van der Waals surface area contributed by atoms with Crippen LogP contribution in [0, 0.1) is 0 Å². The molecule has 8 aromatic rings. The molecule has 2 heterocycles. The molecule has 0 bridgehead atoms. The summed E-state index contributed by atoms with van der Waals surface area (Å²) in [5.74, 6) is 0. The number of benzene rings is 6. The van der Waals surface area contributed by atoms with Gasteiger partial charge in [0.1, 0.15) is 11.2 Å². The molecule has 0 amide bonds. The van der Waals surface area contributed by atoms with Crippen molar-refractivity contribution in [1.82, 2.24) is 4.98 Å². The number of hydrogen-bond donors (Lipinski definition) is 2. The Bertz CT molecular complexity index is 2150.